The van der Waals surface area contributed by atoms with Gasteiger partial charge in [-0.1, -0.05) is 30.1 Å². The molecule has 2 aromatic carbocycles. The van der Waals surface area contributed by atoms with Crippen molar-refractivity contribution in [3.63, 3.8) is 0 Å². The van der Waals surface area contributed by atoms with Crippen LogP contribution in [-0.2, 0) is 0 Å². The van der Waals surface area contributed by atoms with Gasteiger partial charge in [0.2, 0.25) is 4.96 Å². The summed E-state index contributed by atoms with van der Waals surface area (Å²) in [5.74, 6) is 2.51. The van der Waals surface area contributed by atoms with Crippen molar-refractivity contribution in [2.75, 3.05) is 20.3 Å². The van der Waals surface area contributed by atoms with Gasteiger partial charge in [-0.05, 0) is 55.0 Å². The van der Waals surface area contributed by atoms with Crippen LogP contribution in [0.1, 0.15) is 12.5 Å². The Bertz CT molecular complexity index is 1330. The van der Waals surface area contributed by atoms with Crippen molar-refractivity contribution in [3.8, 4) is 28.6 Å². The van der Waals surface area contributed by atoms with Crippen LogP contribution in [0.25, 0.3) is 22.4 Å². The molecule has 2 heterocycles. The maximum atomic E-state index is 12.8. The molecule has 0 saturated carbocycles. The number of hydrogen-bond acceptors (Lipinski definition) is 7. The highest BCUT2D eigenvalue weighted by molar-refractivity contribution is 7.15. The Morgan fingerprint density at radius 2 is 1.94 bits per heavy atom. The number of aromatic nitrogens is 3. The van der Waals surface area contributed by atoms with E-state index < -0.39 is 0 Å². The van der Waals surface area contributed by atoms with Gasteiger partial charge in [-0.15, -0.1) is 5.10 Å². The molecule has 0 unspecified atom stereocenters. The summed E-state index contributed by atoms with van der Waals surface area (Å²) in [6, 6.07) is 12.9. The second kappa shape index (κ2) is 9.01. The molecule has 4 rings (SSSR count). The van der Waals surface area contributed by atoms with Crippen molar-refractivity contribution in [3.05, 3.63) is 75.6 Å². The van der Waals surface area contributed by atoms with Crippen molar-refractivity contribution in [2.24, 2.45) is 0 Å². The van der Waals surface area contributed by atoms with Crippen molar-refractivity contribution in [2.45, 2.75) is 6.92 Å². The van der Waals surface area contributed by atoms with E-state index in [1.54, 1.807) is 19.3 Å². The molecule has 0 spiro atoms. The third-order valence-corrected chi connectivity index (χ3v) is 5.41. The number of ether oxygens (including phenoxy) is 3. The number of thiazole rings is 1. The Balaban J connectivity index is 1.65. The summed E-state index contributed by atoms with van der Waals surface area (Å²) in [4.78, 5) is 17.9. The van der Waals surface area contributed by atoms with Gasteiger partial charge in [0.15, 0.2) is 17.3 Å². The third-order valence-electron chi connectivity index (χ3n) is 4.45. The van der Waals surface area contributed by atoms with Crippen molar-refractivity contribution < 1.29 is 14.2 Å². The van der Waals surface area contributed by atoms with E-state index in [1.807, 2.05) is 49.4 Å². The van der Waals surface area contributed by atoms with Crippen LogP contribution in [0.2, 0.25) is 0 Å². The van der Waals surface area contributed by atoms with Crippen LogP contribution in [0, 0.1) is 0 Å². The molecule has 4 aromatic rings. The fraction of sp³-hybridized carbons (Fsp3) is 0.174. The van der Waals surface area contributed by atoms with E-state index in [9.17, 15) is 4.79 Å². The average Bonchev–Trinajstić information content (AvgIpc) is 3.33. The average molecular weight is 436 g/mol. The zero-order valence-corrected chi connectivity index (χ0v) is 18.0. The number of hydrogen-bond donors (Lipinski definition) is 0. The Labute approximate surface area is 182 Å². The lowest BCUT2D eigenvalue weighted by atomic mass is 10.2. The van der Waals surface area contributed by atoms with Gasteiger partial charge < -0.3 is 14.2 Å². The van der Waals surface area contributed by atoms with Gasteiger partial charge in [0, 0.05) is 5.56 Å². The molecule has 158 valence electrons. The highest BCUT2D eigenvalue weighted by Gasteiger charge is 2.12. The molecule has 2 aromatic heterocycles. The predicted molar refractivity (Wildman–Crippen MR) is 121 cm³/mol. The molecular weight excluding hydrogens is 414 g/mol. The topological polar surface area (TPSA) is 75.0 Å². The summed E-state index contributed by atoms with van der Waals surface area (Å²) in [6.45, 7) is 6.53. The highest BCUT2D eigenvalue weighted by atomic mass is 32.1. The first-order valence-corrected chi connectivity index (χ1v) is 10.5. The molecule has 0 N–H and O–H groups in total. The van der Waals surface area contributed by atoms with E-state index in [1.165, 1.54) is 15.9 Å². The Hall–Kier alpha value is -3.65. The first kappa shape index (κ1) is 20.6. The lowest BCUT2D eigenvalue weighted by molar-refractivity contribution is 0.311. The van der Waals surface area contributed by atoms with Crippen LogP contribution in [-0.4, -0.2) is 34.9 Å². The number of nitrogens with zero attached hydrogens (tertiary/aromatic N) is 3. The van der Waals surface area contributed by atoms with Gasteiger partial charge in [0.1, 0.15) is 12.4 Å². The second-order valence-corrected chi connectivity index (χ2v) is 7.52. The number of rotatable bonds is 8. The SMILES string of the molecule is C=CCOc1ccc(-c2nc3s/c(=C/c4ccc(OCC)c(OC)c4)c(=O)n3n2)cc1. The smallest absolute Gasteiger partial charge is 0.291 e. The summed E-state index contributed by atoms with van der Waals surface area (Å²) in [6.07, 6.45) is 3.49. The zero-order chi connectivity index (χ0) is 21.8. The molecule has 0 atom stereocenters. The zero-order valence-electron chi connectivity index (χ0n) is 17.2. The Morgan fingerprint density at radius 1 is 1.13 bits per heavy atom. The van der Waals surface area contributed by atoms with Gasteiger partial charge in [-0.3, -0.25) is 4.79 Å². The molecule has 0 saturated heterocycles. The molecule has 0 aliphatic rings. The van der Waals surface area contributed by atoms with E-state index >= 15 is 0 Å². The van der Waals surface area contributed by atoms with Crippen LogP contribution in [0.4, 0.5) is 0 Å². The van der Waals surface area contributed by atoms with Crippen LogP contribution in [0.15, 0.2) is 59.9 Å². The standard InChI is InChI=1S/C23H21N3O4S/c1-4-12-30-17-9-7-16(8-10-17)21-24-23-26(25-21)22(27)20(31-23)14-15-6-11-18(29-5-2)19(13-15)28-3/h4,6-11,13-14H,1,5,12H2,2-3H3/b20-14+. The van der Waals surface area contributed by atoms with Crippen molar-refractivity contribution >= 4 is 22.4 Å². The van der Waals surface area contributed by atoms with Crippen LogP contribution >= 0.6 is 11.3 Å². The third kappa shape index (κ3) is 4.29. The van der Waals surface area contributed by atoms with Crippen LogP contribution in [0.3, 0.4) is 0 Å². The van der Waals surface area contributed by atoms with Gasteiger partial charge in [0.05, 0.1) is 18.2 Å². The van der Waals surface area contributed by atoms with E-state index in [-0.39, 0.29) is 5.56 Å². The fourth-order valence-electron chi connectivity index (χ4n) is 3.01. The lowest BCUT2D eigenvalue weighted by Crippen LogP contribution is -2.23. The molecule has 8 heteroatoms. The molecule has 0 aliphatic carbocycles. The lowest BCUT2D eigenvalue weighted by Gasteiger charge is -2.09. The quantitative estimate of drug-likeness (QED) is 0.395. The summed E-state index contributed by atoms with van der Waals surface area (Å²) in [7, 11) is 1.59. The van der Waals surface area contributed by atoms with E-state index in [4.69, 9.17) is 14.2 Å². The maximum Gasteiger partial charge on any atom is 0.291 e. The van der Waals surface area contributed by atoms with Gasteiger partial charge in [-0.25, -0.2) is 0 Å². The van der Waals surface area contributed by atoms with Crippen molar-refractivity contribution in [1.29, 1.82) is 0 Å². The summed E-state index contributed by atoms with van der Waals surface area (Å²) in [5, 5.41) is 4.39. The largest absolute Gasteiger partial charge is 0.493 e. The van der Waals surface area contributed by atoms with Gasteiger partial charge in [0.25, 0.3) is 5.56 Å². The maximum absolute atomic E-state index is 12.8. The Kier molecular flexibility index (Phi) is 5.99. The Morgan fingerprint density at radius 3 is 2.61 bits per heavy atom. The van der Waals surface area contributed by atoms with Gasteiger partial charge in [-0.2, -0.15) is 9.50 Å². The monoisotopic (exact) mass is 435 g/mol. The van der Waals surface area contributed by atoms with E-state index in [2.05, 4.69) is 16.7 Å². The molecule has 0 radical (unpaired) electrons. The summed E-state index contributed by atoms with van der Waals surface area (Å²) >= 11 is 1.29. The summed E-state index contributed by atoms with van der Waals surface area (Å²) < 4.78 is 18.3. The predicted octanol–water partition coefficient (Wildman–Crippen LogP) is 3.34. The molecule has 0 bridgehead atoms. The molecule has 7 nitrogen and oxygen atoms in total. The minimum atomic E-state index is -0.211. The molecule has 0 fully saturated rings. The summed E-state index contributed by atoms with van der Waals surface area (Å²) in [5.41, 5.74) is 1.43. The number of benzene rings is 2. The minimum absolute atomic E-state index is 0.211. The first-order valence-electron chi connectivity index (χ1n) is 9.69. The van der Waals surface area contributed by atoms with E-state index in [0.717, 1.165) is 16.9 Å². The highest BCUT2D eigenvalue weighted by Crippen LogP contribution is 2.28. The molecule has 0 aliphatic heterocycles. The van der Waals surface area contributed by atoms with Crippen LogP contribution in [0.5, 0.6) is 17.2 Å². The number of methoxy groups -OCH3 is 1. The minimum Gasteiger partial charge on any atom is -0.493 e. The molecule has 31 heavy (non-hydrogen) atoms. The fourth-order valence-corrected chi connectivity index (χ4v) is 3.92. The van der Waals surface area contributed by atoms with Crippen molar-refractivity contribution in [1.82, 2.24) is 14.6 Å². The van der Waals surface area contributed by atoms with Gasteiger partial charge >= 0.3 is 0 Å². The van der Waals surface area contributed by atoms with Crippen LogP contribution < -0.4 is 24.3 Å². The molecular formula is C23H21N3O4S. The normalized spacial score (nSPS) is 11.6. The second-order valence-electron chi connectivity index (χ2n) is 6.51. The first-order chi connectivity index (χ1) is 15.1. The molecule has 0 amide bonds. The van der Waals surface area contributed by atoms with E-state index in [0.29, 0.717) is 40.0 Å². The number of fused-ring (bicyclic) bond motifs is 1.